The lowest BCUT2D eigenvalue weighted by Crippen LogP contribution is -2.13. The number of nitrogen functional groups attached to an aromatic ring is 1. The minimum absolute atomic E-state index is 0.0414. The maximum Gasteiger partial charge on any atom is 0.304 e. The first kappa shape index (κ1) is 14.1. The number of halogens is 1. The van der Waals surface area contributed by atoms with E-state index in [-0.39, 0.29) is 10.8 Å². The molecule has 0 fully saturated rings. The highest BCUT2D eigenvalue weighted by Crippen LogP contribution is 2.24. The number of rotatable bonds is 4. The summed E-state index contributed by atoms with van der Waals surface area (Å²) in [6.07, 6.45) is 0. The molecule has 0 bridgehead atoms. The fourth-order valence-electron chi connectivity index (χ4n) is 1.25. The largest absolute Gasteiger partial charge is 0.374 e. The van der Waals surface area contributed by atoms with E-state index in [1.165, 1.54) is 0 Å². The molecule has 0 atom stereocenters. The fourth-order valence-corrected chi connectivity index (χ4v) is 3.08. The maximum atomic E-state index is 13.4. The van der Waals surface area contributed by atoms with Crippen LogP contribution >= 0.6 is 11.3 Å². The summed E-state index contributed by atoms with van der Waals surface area (Å²) in [6, 6.07) is 2.60. The van der Waals surface area contributed by atoms with Crippen molar-refractivity contribution < 1.29 is 17.7 Å². The van der Waals surface area contributed by atoms with Gasteiger partial charge in [-0.3, -0.25) is 14.8 Å². The van der Waals surface area contributed by atoms with Gasteiger partial charge in [0.1, 0.15) is 0 Å². The highest BCUT2D eigenvalue weighted by molar-refractivity contribution is 7.94. The van der Waals surface area contributed by atoms with E-state index in [0.717, 1.165) is 12.1 Å². The maximum absolute atomic E-state index is 13.4. The van der Waals surface area contributed by atoms with Crippen LogP contribution in [0.3, 0.4) is 0 Å². The van der Waals surface area contributed by atoms with Gasteiger partial charge in [0.05, 0.1) is 10.6 Å². The number of anilines is 2. The summed E-state index contributed by atoms with van der Waals surface area (Å²) >= 11 is 0.629. The van der Waals surface area contributed by atoms with Gasteiger partial charge in [-0.2, -0.15) is 12.8 Å². The molecule has 20 heavy (non-hydrogen) atoms. The molecule has 0 unspecified atom stereocenters. The molecule has 0 radical (unpaired) electrons. The number of nitrogens with two attached hydrogens (primary N) is 1. The minimum atomic E-state index is -4.06. The van der Waals surface area contributed by atoms with Crippen LogP contribution < -0.4 is 10.5 Å². The van der Waals surface area contributed by atoms with Crippen molar-refractivity contribution in [3.63, 3.8) is 0 Å². The zero-order valence-corrected chi connectivity index (χ0v) is 11.1. The van der Waals surface area contributed by atoms with E-state index in [2.05, 4.69) is 10.2 Å². The first-order chi connectivity index (χ1) is 9.29. The summed E-state index contributed by atoms with van der Waals surface area (Å²) in [5.74, 6) is -1.16. The Morgan fingerprint density at radius 1 is 1.40 bits per heavy atom. The number of nitrogens with zero attached hydrogens (tertiary/aromatic N) is 3. The van der Waals surface area contributed by atoms with Crippen molar-refractivity contribution in [2.45, 2.75) is 4.34 Å². The average molecular weight is 319 g/mol. The van der Waals surface area contributed by atoms with Crippen LogP contribution in [-0.2, 0) is 10.0 Å². The van der Waals surface area contributed by atoms with Crippen LogP contribution in [0.1, 0.15) is 0 Å². The van der Waals surface area contributed by atoms with Gasteiger partial charge in [0.15, 0.2) is 0 Å². The first-order valence-corrected chi connectivity index (χ1v) is 7.15. The number of benzene rings is 1. The quantitative estimate of drug-likeness (QED) is 0.631. The van der Waals surface area contributed by atoms with Crippen molar-refractivity contribution in [2.75, 3.05) is 10.5 Å². The molecule has 0 spiro atoms. The Hall–Kier alpha value is -2.34. The van der Waals surface area contributed by atoms with Gasteiger partial charge in [-0.1, -0.05) is 11.3 Å². The van der Waals surface area contributed by atoms with Crippen LogP contribution in [0, 0.1) is 15.9 Å². The number of aromatic nitrogens is 2. The van der Waals surface area contributed by atoms with Crippen molar-refractivity contribution in [3.8, 4) is 0 Å². The van der Waals surface area contributed by atoms with Gasteiger partial charge in [0, 0.05) is 12.1 Å². The van der Waals surface area contributed by atoms with Crippen LogP contribution in [0.2, 0.25) is 0 Å². The second kappa shape index (κ2) is 4.97. The summed E-state index contributed by atoms with van der Waals surface area (Å²) in [5, 5.41) is 17.1. The number of hydrogen-bond donors (Lipinski definition) is 2. The molecule has 0 aliphatic carbocycles. The molecule has 2 aromatic rings. The number of hydrogen-bond acceptors (Lipinski definition) is 8. The van der Waals surface area contributed by atoms with E-state index >= 15 is 0 Å². The van der Waals surface area contributed by atoms with Crippen LogP contribution in [0.25, 0.3) is 0 Å². The van der Waals surface area contributed by atoms with Gasteiger partial charge in [-0.05, 0) is 6.07 Å². The summed E-state index contributed by atoms with van der Waals surface area (Å²) < 4.78 is 38.6. The SMILES string of the molecule is Nc1nnc(S(=O)(=O)Nc2ccc([N+](=O)[O-])c(F)c2)s1. The third kappa shape index (κ3) is 2.80. The fraction of sp³-hybridized carbons (Fsp3) is 0. The second-order valence-corrected chi connectivity index (χ2v) is 6.30. The minimum Gasteiger partial charge on any atom is -0.374 e. The standard InChI is InChI=1S/C8H6FN5O4S2/c9-5-3-4(1-2-6(5)14(15)16)13-20(17,18)8-12-11-7(10)19-8/h1-3,13H,(H2,10,11). The average Bonchev–Trinajstić information content (AvgIpc) is 2.75. The van der Waals surface area contributed by atoms with Crippen LogP contribution in [0.15, 0.2) is 22.5 Å². The second-order valence-electron chi connectivity index (χ2n) is 3.44. The Labute approximate surface area is 115 Å². The molecular weight excluding hydrogens is 313 g/mol. The predicted molar refractivity (Wildman–Crippen MR) is 68.2 cm³/mol. The predicted octanol–water partition coefficient (Wildman–Crippen LogP) is 0.968. The smallest absolute Gasteiger partial charge is 0.304 e. The molecule has 0 saturated carbocycles. The Bertz CT molecular complexity index is 775. The third-order valence-electron chi connectivity index (χ3n) is 2.05. The highest BCUT2D eigenvalue weighted by atomic mass is 32.2. The van der Waals surface area contributed by atoms with Gasteiger partial charge in [0.25, 0.3) is 14.4 Å². The molecule has 3 N–H and O–H groups in total. The monoisotopic (exact) mass is 319 g/mol. The molecule has 9 nitrogen and oxygen atoms in total. The van der Waals surface area contributed by atoms with Gasteiger partial charge in [-0.15, -0.1) is 10.2 Å². The van der Waals surface area contributed by atoms with Gasteiger partial charge >= 0.3 is 5.69 Å². The van der Waals surface area contributed by atoms with Crippen molar-refractivity contribution in [3.05, 3.63) is 34.1 Å². The van der Waals surface area contributed by atoms with Crippen molar-refractivity contribution in [1.29, 1.82) is 0 Å². The lowest BCUT2D eigenvalue weighted by molar-refractivity contribution is -0.387. The molecular formula is C8H6FN5O4S2. The molecule has 0 amide bonds. The molecule has 0 aliphatic rings. The first-order valence-electron chi connectivity index (χ1n) is 4.85. The van der Waals surface area contributed by atoms with Crippen molar-refractivity contribution >= 4 is 37.9 Å². The summed E-state index contributed by atoms with van der Waals surface area (Å²) in [5.41, 5.74) is 4.33. The molecule has 0 aliphatic heterocycles. The summed E-state index contributed by atoms with van der Waals surface area (Å²) in [6.45, 7) is 0. The molecule has 1 aromatic carbocycles. The normalized spacial score (nSPS) is 11.2. The van der Waals surface area contributed by atoms with Crippen LogP contribution in [0.4, 0.5) is 20.9 Å². The summed E-state index contributed by atoms with van der Waals surface area (Å²) in [4.78, 5) is 9.52. The molecule has 106 valence electrons. The number of nitrogens with one attached hydrogen (secondary N) is 1. The molecule has 1 aromatic heterocycles. The Morgan fingerprint density at radius 3 is 2.60 bits per heavy atom. The highest BCUT2D eigenvalue weighted by Gasteiger charge is 2.21. The van der Waals surface area contributed by atoms with Crippen molar-refractivity contribution in [1.82, 2.24) is 10.2 Å². The molecule has 1 heterocycles. The third-order valence-corrected chi connectivity index (χ3v) is 4.55. The zero-order chi connectivity index (χ0) is 14.9. The molecule has 12 heteroatoms. The number of nitro benzene ring substituents is 1. The number of nitro groups is 1. The summed E-state index contributed by atoms with van der Waals surface area (Å²) in [7, 11) is -4.06. The molecule has 0 saturated heterocycles. The Balaban J connectivity index is 2.30. The lowest BCUT2D eigenvalue weighted by atomic mass is 10.3. The van der Waals surface area contributed by atoms with Gasteiger partial charge < -0.3 is 5.73 Å². The van der Waals surface area contributed by atoms with E-state index in [9.17, 15) is 22.9 Å². The Kier molecular flexibility index (Phi) is 3.50. The number of sulfonamides is 1. The van der Waals surface area contributed by atoms with E-state index in [1.807, 2.05) is 4.72 Å². The topological polar surface area (TPSA) is 141 Å². The van der Waals surface area contributed by atoms with E-state index in [0.29, 0.717) is 17.4 Å². The van der Waals surface area contributed by atoms with E-state index in [4.69, 9.17) is 5.73 Å². The van der Waals surface area contributed by atoms with Crippen LogP contribution in [-0.4, -0.2) is 23.5 Å². The molecule has 2 rings (SSSR count). The van der Waals surface area contributed by atoms with E-state index < -0.39 is 30.8 Å². The lowest BCUT2D eigenvalue weighted by Gasteiger charge is -2.04. The van der Waals surface area contributed by atoms with Gasteiger partial charge in [0.2, 0.25) is 10.9 Å². The van der Waals surface area contributed by atoms with Crippen LogP contribution in [0.5, 0.6) is 0 Å². The van der Waals surface area contributed by atoms with E-state index in [1.54, 1.807) is 0 Å². The zero-order valence-electron chi connectivity index (χ0n) is 9.48. The Morgan fingerprint density at radius 2 is 2.10 bits per heavy atom. The van der Waals surface area contributed by atoms with Crippen molar-refractivity contribution in [2.24, 2.45) is 0 Å². The van der Waals surface area contributed by atoms with Gasteiger partial charge in [-0.25, -0.2) is 0 Å².